The van der Waals surface area contributed by atoms with Crippen molar-refractivity contribution in [1.29, 1.82) is 0 Å². The van der Waals surface area contributed by atoms with Crippen molar-refractivity contribution >= 4 is 15.9 Å². The van der Waals surface area contributed by atoms with Gasteiger partial charge in [-0.1, -0.05) is 47.7 Å². The lowest BCUT2D eigenvalue weighted by Gasteiger charge is -2.17. The summed E-state index contributed by atoms with van der Waals surface area (Å²) in [5.74, 6) is 0.788. The van der Waals surface area contributed by atoms with Gasteiger partial charge in [0.1, 0.15) is 11.9 Å². The van der Waals surface area contributed by atoms with Gasteiger partial charge in [0.15, 0.2) is 0 Å². The zero-order valence-corrected chi connectivity index (χ0v) is 17.7. The van der Waals surface area contributed by atoms with Crippen molar-refractivity contribution in [2.24, 2.45) is 0 Å². The zero-order valence-electron chi connectivity index (χ0n) is 16.1. The quantitative estimate of drug-likeness (QED) is 0.343. The monoisotopic (exact) mass is 409 g/mol. The summed E-state index contributed by atoms with van der Waals surface area (Å²) >= 11 is 3.50. The minimum absolute atomic E-state index is 0.181. The third kappa shape index (κ3) is 10.3. The molecule has 0 radical (unpaired) electrons. The Morgan fingerprint density at radius 3 is 2.44 bits per heavy atom. The van der Waals surface area contributed by atoms with Crippen molar-refractivity contribution in [3.05, 3.63) is 70.5 Å². The van der Waals surface area contributed by atoms with E-state index in [1.165, 1.54) is 0 Å². The predicted octanol–water partition coefficient (Wildman–Crippen LogP) is 5.44. The second kappa shape index (κ2) is 14.9. The van der Waals surface area contributed by atoms with E-state index in [1.54, 1.807) is 7.11 Å². The molecule has 1 atom stereocenters. The van der Waals surface area contributed by atoms with Crippen LogP contribution in [0.2, 0.25) is 0 Å². The Kier molecular flexibility index (Phi) is 14.1. The van der Waals surface area contributed by atoms with E-state index in [9.17, 15) is 0 Å². The number of halogens is 1. The lowest BCUT2D eigenvalue weighted by Crippen LogP contribution is -2.17. The lowest BCUT2D eigenvalue weighted by molar-refractivity contribution is 0.110. The fourth-order valence-electron chi connectivity index (χ4n) is 2.02. The molecule has 140 valence electrons. The summed E-state index contributed by atoms with van der Waals surface area (Å²) in [6.45, 7) is 11.4. The molecule has 0 aromatic heterocycles. The molecule has 0 saturated heterocycles. The Morgan fingerprint density at radius 1 is 1.24 bits per heavy atom. The van der Waals surface area contributed by atoms with E-state index in [0.29, 0.717) is 6.61 Å². The van der Waals surface area contributed by atoms with Gasteiger partial charge < -0.3 is 14.8 Å². The largest absolute Gasteiger partial charge is 0.497 e. The Balaban J connectivity index is 5.77. The molecule has 0 unspecified atom stereocenters. The van der Waals surface area contributed by atoms with Crippen LogP contribution in [0.4, 0.5) is 0 Å². The van der Waals surface area contributed by atoms with Crippen LogP contribution >= 0.6 is 15.9 Å². The van der Waals surface area contributed by atoms with E-state index in [4.69, 9.17) is 9.47 Å². The van der Waals surface area contributed by atoms with E-state index in [1.807, 2.05) is 51.3 Å². The van der Waals surface area contributed by atoms with Crippen LogP contribution in [0.1, 0.15) is 27.2 Å². The molecule has 4 heteroatoms. The fraction of sp³-hybridized carbons (Fsp3) is 0.429. The number of allylic oxidation sites excluding steroid dienone is 5. The van der Waals surface area contributed by atoms with E-state index in [-0.39, 0.29) is 6.10 Å². The first-order valence-electron chi connectivity index (χ1n) is 8.57. The predicted molar refractivity (Wildman–Crippen MR) is 113 cm³/mol. The van der Waals surface area contributed by atoms with Crippen molar-refractivity contribution in [2.75, 3.05) is 27.3 Å². The number of likely N-dealkylation sites (N-methyl/N-ethyl adjacent to an activating group) is 1. The molecular formula is C21H32BrNO2. The standard InChI is InChI=1S/C21H32BrNO2/c1-7-13-25-21(18(8-2)15-20(10-4)24-6)14-17(16-23-5)11-12-19(22)9-3/h8-12,14-15,21,23H,2,7,13,16H2,1,3-6H3/b12-11-,17-14-,18-15+,19-9+,20-10+/t21-/m1/s1. The summed E-state index contributed by atoms with van der Waals surface area (Å²) in [5, 5.41) is 3.20. The molecule has 0 fully saturated rings. The molecule has 0 aromatic carbocycles. The van der Waals surface area contributed by atoms with Crippen LogP contribution in [-0.4, -0.2) is 33.4 Å². The van der Waals surface area contributed by atoms with Gasteiger partial charge in [0.2, 0.25) is 0 Å². The Labute approximate surface area is 162 Å². The molecule has 0 amide bonds. The maximum Gasteiger partial charge on any atom is 0.114 e. The zero-order chi connectivity index (χ0) is 19.1. The molecule has 25 heavy (non-hydrogen) atoms. The highest BCUT2D eigenvalue weighted by atomic mass is 79.9. The summed E-state index contributed by atoms with van der Waals surface area (Å²) in [6, 6.07) is 0. The third-order valence-corrected chi connectivity index (χ3v) is 4.10. The molecule has 0 saturated carbocycles. The number of hydrogen-bond donors (Lipinski definition) is 1. The van der Waals surface area contributed by atoms with Crippen LogP contribution in [-0.2, 0) is 9.47 Å². The van der Waals surface area contributed by atoms with Crippen molar-refractivity contribution in [3.63, 3.8) is 0 Å². The molecule has 1 N–H and O–H groups in total. The van der Waals surface area contributed by atoms with E-state index < -0.39 is 0 Å². The summed E-state index contributed by atoms with van der Waals surface area (Å²) in [5.41, 5.74) is 2.10. The van der Waals surface area contributed by atoms with Crippen LogP contribution < -0.4 is 5.32 Å². The minimum atomic E-state index is -0.181. The van der Waals surface area contributed by atoms with Gasteiger partial charge in [-0.2, -0.15) is 0 Å². The Hall–Kier alpha value is -1.36. The highest BCUT2D eigenvalue weighted by Gasteiger charge is 2.11. The topological polar surface area (TPSA) is 30.5 Å². The fourth-order valence-corrected chi connectivity index (χ4v) is 2.15. The number of nitrogens with one attached hydrogen (secondary N) is 1. The molecule has 0 aliphatic rings. The van der Waals surface area contributed by atoms with Crippen LogP contribution in [0.5, 0.6) is 0 Å². The van der Waals surface area contributed by atoms with Crippen molar-refractivity contribution in [2.45, 2.75) is 33.3 Å². The molecular weight excluding hydrogens is 378 g/mol. The smallest absolute Gasteiger partial charge is 0.114 e. The first-order chi connectivity index (χ1) is 12.1. The van der Waals surface area contributed by atoms with Gasteiger partial charge in [0, 0.05) is 17.6 Å². The van der Waals surface area contributed by atoms with Crippen LogP contribution in [0, 0.1) is 0 Å². The average Bonchev–Trinajstić information content (AvgIpc) is 2.64. The van der Waals surface area contributed by atoms with Crippen LogP contribution in [0.25, 0.3) is 0 Å². The van der Waals surface area contributed by atoms with E-state index in [2.05, 4.69) is 46.9 Å². The van der Waals surface area contributed by atoms with Gasteiger partial charge in [0.25, 0.3) is 0 Å². The van der Waals surface area contributed by atoms with Gasteiger partial charge in [-0.25, -0.2) is 0 Å². The van der Waals surface area contributed by atoms with Crippen molar-refractivity contribution < 1.29 is 9.47 Å². The Morgan fingerprint density at radius 2 is 1.96 bits per heavy atom. The SMILES string of the molecule is C=C/C(=C\C(=C/C)OC)[C@@H](/C=C(/C=C\C(Br)=C/C)CNC)OCCC. The van der Waals surface area contributed by atoms with E-state index in [0.717, 1.165) is 34.4 Å². The maximum atomic E-state index is 6.06. The number of methoxy groups -OCH3 is 1. The first-order valence-corrected chi connectivity index (χ1v) is 9.36. The molecule has 3 nitrogen and oxygen atoms in total. The molecule has 0 aliphatic heterocycles. The second-order valence-corrected chi connectivity index (χ2v) is 6.23. The van der Waals surface area contributed by atoms with Crippen molar-refractivity contribution in [1.82, 2.24) is 5.32 Å². The maximum absolute atomic E-state index is 6.06. The van der Waals surface area contributed by atoms with Crippen LogP contribution in [0.15, 0.2) is 70.5 Å². The summed E-state index contributed by atoms with van der Waals surface area (Å²) < 4.78 is 12.4. The number of ether oxygens (including phenoxy) is 2. The van der Waals surface area contributed by atoms with Gasteiger partial charge >= 0.3 is 0 Å². The Bertz CT molecular complexity index is 542. The molecule has 0 rings (SSSR count). The normalized spacial score (nSPS) is 15.6. The molecule has 0 bridgehead atoms. The van der Waals surface area contributed by atoms with E-state index >= 15 is 0 Å². The van der Waals surface area contributed by atoms with Gasteiger partial charge in [0.05, 0.1) is 7.11 Å². The molecule has 0 aliphatic carbocycles. The van der Waals surface area contributed by atoms with Crippen molar-refractivity contribution in [3.8, 4) is 0 Å². The second-order valence-electron chi connectivity index (χ2n) is 5.31. The lowest BCUT2D eigenvalue weighted by atomic mass is 10.0. The number of hydrogen-bond acceptors (Lipinski definition) is 3. The number of rotatable bonds is 12. The molecule has 0 aromatic rings. The van der Waals surface area contributed by atoms with Gasteiger partial charge in [-0.15, -0.1) is 0 Å². The van der Waals surface area contributed by atoms with Crippen LogP contribution in [0.3, 0.4) is 0 Å². The highest BCUT2D eigenvalue weighted by Crippen LogP contribution is 2.17. The van der Waals surface area contributed by atoms with Gasteiger partial charge in [-0.3, -0.25) is 0 Å². The average molecular weight is 410 g/mol. The van der Waals surface area contributed by atoms with Gasteiger partial charge in [-0.05, 0) is 62.8 Å². The minimum Gasteiger partial charge on any atom is -0.497 e. The summed E-state index contributed by atoms with van der Waals surface area (Å²) in [4.78, 5) is 0. The third-order valence-electron chi connectivity index (χ3n) is 3.37. The first kappa shape index (κ1) is 23.6. The summed E-state index contributed by atoms with van der Waals surface area (Å²) in [7, 11) is 3.59. The molecule has 0 heterocycles. The summed E-state index contributed by atoms with van der Waals surface area (Å²) in [6.07, 6.45) is 14.7. The molecule has 0 spiro atoms. The highest BCUT2D eigenvalue weighted by molar-refractivity contribution is 9.11.